The Bertz CT molecular complexity index is 1180. The second-order valence-corrected chi connectivity index (χ2v) is 5.60. The van der Waals surface area contributed by atoms with Gasteiger partial charge in [-0.3, -0.25) is 9.97 Å². The van der Waals surface area contributed by atoms with Gasteiger partial charge in [-0.2, -0.15) is 0 Å². The zero-order chi connectivity index (χ0) is 16.6. The van der Waals surface area contributed by atoms with Gasteiger partial charge in [-0.25, -0.2) is 9.97 Å². The number of hydrogen-bond acceptors (Lipinski definition) is 5. The molecule has 0 atom stereocenters. The average Bonchev–Trinajstić information content (AvgIpc) is 3.07. The van der Waals surface area contributed by atoms with Crippen molar-refractivity contribution in [3.8, 4) is 22.9 Å². The highest BCUT2D eigenvalue weighted by atomic mass is 16.3. The molecule has 0 saturated carbocycles. The highest BCUT2D eigenvalue weighted by Gasteiger charge is 2.18. The quantitative estimate of drug-likeness (QED) is 0.478. The number of nitrogens with zero attached hydrogens (tertiary/aromatic N) is 4. The lowest BCUT2D eigenvalue weighted by molar-refractivity contribution is 0.667. The minimum absolute atomic E-state index is 0.556. The number of fused-ring (bicyclic) bond motifs is 3. The fourth-order valence-electron chi connectivity index (χ4n) is 2.88. The molecule has 118 valence electrons. The van der Waals surface area contributed by atoms with E-state index < -0.39 is 0 Å². The summed E-state index contributed by atoms with van der Waals surface area (Å²) in [6, 6.07) is 19.2. The fourth-order valence-corrected chi connectivity index (χ4v) is 2.88. The molecule has 5 nitrogen and oxygen atoms in total. The number of hydrogen-bond donors (Lipinski definition) is 0. The Labute approximate surface area is 143 Å². The lowest BCUT2D eigenvalue weighted by Gasteiger charge is -2.04. The molecule has 0 saturated heterocycles. The van der Waals surface area contributed by atoms with Gasteiger partial charge in [-0.15, -0.1) is 0 Å². The van der Waals surface area contributed by atoms with Gasteiger partial charge in [0.2, 0.25) is 0 Å². The van der Waals surface area contributed by atoms with E-state index in [-0.39, 0.29) is 0 Å². The largest absolute Gasteiger partial charge is 0.452 e. The molecule has 5 rings (SSSR count). The van der Waals surface area contributed by atoms with Crippen LogP contribution < -0.4 is 0 Å². The van der Waals surface area contributed by atoms with Crippen LogP contribution in [0.15, 0.2) is 77.5 Å². The van der Waals surface area contributed by atoms with Crippen molar-refractivity contribution in [3.63, 3.8) is 0 Å². The molecular weight excluding hydrogens is 312 g/mol. The van der Waals surface area contributed by atoms with Crippen molar-refractivity contribution >= 4 is 22.1 Å². The molecule has 5 heteroatoms. The molecule has 0 fully saturated rings. The highest BCUT2D eigenvalue weighted by molar-refractivity contribution is 6.06. The summed E-state index contributed by atoms with van der Waals surface area (Å²) in [5, 5.41) is 0.953. The average molecular weight is 324 g/mol. The molecule has 1 aromatic carbocycles. The van der Waals surface area contributed by atoms with Crippen LogP contribution in [0.25, 0.3) is 45.0 Å². The molecule has 0 spiro atoms. The number of pyridine rings is 2. The van der Waals surface area contributed by atoms with Crippen molar-refractivity contribution in [2.24, 2.45) is 0 Å². The van der Waals surface area contributed by atoms with Crippen LogP contribution in [-0.2, 0) is 0 Å². The van der Waals surface area contributed by atoms with Crippen molar-refractivity contribution in [3.05, 3.63) is 73.1 Å². The molecule has 5 aromatic rings. The summed E-state index contributed by atoms with van der Waals surface area (Å²) < 4.78 is 6.04. The first-order valence-corrected chi connectivity index (χ1v) is 7.92. The number of rotatable bonds is 2. The monoisotopic (exact) mass is 324 g/mol. The predicted molar refractivity (Wildman–Crippen MR) is 95.8 cm³/mol. The van der Waals surface area contributed by atoms with Crippen molar-refractivity contribution in [2.45, 2.75) is 0 Å². The third kappa shape index (κ3) is 2.25. The highest BCUT2D eigenvalue weighted by Crippen LogP contribution is 2.34. The molecule has 0 amide bonds. The number of para-hydroxylation sites is 1. The molecule has 4 heterocycles. The second kappa shape index (κ2) is 5.49. The Morgan fingerprint density at radius 1 is 0.680 bits per heavy atom. The number of furan rings is 1. The van der Waals surface area contributed by atoms with Gasteiger partial charge in [0.15, 0.2) is 11.4 Å². The van der Waals surface area contributed by atoms with E-state index in [0.717, 1.165) is 22.2 Å². The predicted octanol–water partition coefficient (Wildman–Crippen LogP) is 4.50. The van der Waals surface area contributed by atoms with Crippen molar-refractivity contribution < 1.29 is 4.42 Å². The summed E-state index contributed by atoms with van der Waals surface area (Å²) >= 11 is 0. The SMILES string of the molecule is c1ccc(-c2nc(-c3ccccn3)c3oc4ccccc4c3n2)nc1. The van der Waals surface area contributed by atoms with E-state index in [1.54, 1.807) is 12.4 Å². The van der Waals surface area contributed by atoms with Gasteiger partial charge in [0.25, 0.3) is 0 Å². The first-order valence-electron chi connectivity index (χ1n) is 7.92. The fraction of sp³-hybridized carbons (Fsp3) is 0. The molecule has 0 N–H and O–H groups in total. The standard InChI is InChI=1S/C20H12N4O/c1-2-10-16-13(7-1)17-19(25-16)18(14-8-3-5-11-21-14)24-20(23-17)15-9-4-6-12-22-15/h1-12H. The van der Waals surface area contributed by atoms with Crippen LogP contribution in [0.4, 0.5) is 0 Å². The minimum Gasteiger partial charge on any atom is -0.452 e. The van der Waals surface area contributed by atoms with E-state index in [2.05, 4.69) is 9.97 Å². The molecule has 0 aliphatic heterocycles. The summed E-state index contributed by atoms with van der Waals surface area (Å²) in [4.78, 5) is 18.2. The zero-order valence-electron chi connectivity index (χ0n) is 13.1. The number of aromatic nitrogens is 4. The van der Waals surface area contributed by atoms with Crippen LogP contribution >= 0.6 is 0 Å². The third-order valence-corrected chi connectivity index (χ3v) is 4.02. The van der Waals surface area contributed by atoms with E-state index in [9.17, 15) is 0 Å². The maximum absolute atomic E-state index is 6.04. The van der Waals surface area contributed by atoms with Gasteiger partial charge in [0.05, 0.1) is 5.69 Å². The summed E-state index contributed by atoms with van der Waals surface area (Å²) in [5.41, 5.74) is 4.31. The lowest BCUT2D eigenvalue weighted by atomic mass is 10.2. The van der Waals surface area contributed by atoms with Crippen molar-refractivity contribution in [1.82, 2.24) is 19.9 Å². The zero-order valence-corrected chi connectivity index (χ0v) is 13.1. The molecule has 0 aliphatic carbocycles. The van der Waals surface area contributed by atoms with Crippen LogP contribution in [0, 0.1) is 0 Å². The van der Waals surface area contributed by atoms with Gasteiger partial charge in [0.1, 0.15) is 22.5 Å². The normalized spacial score (nSPS) is 11.2. The molecule has 0 unspecified atom stereocenters. The summed E-state index contributed by atoms with van der Waals surface area (Å²) in [6.07, 6.45) is 3.48. The Kier molecular flexibility index (Phi) is 3.03. The van der Waals surface area contributed by atoms with Gasteiger partial charge in [0, 0.05) is 17.8 Å². The lowest BCUT2D eigenvalue weighted by Crippen LogP contribution is -1.96. The van der Waals surface area contributed by atoms with E-state index in [4.69, 9.17) is 14.4 Å². The van der Waals surface area contributed by atoms with E-state index in [1.165, 1.54) is 0 Å². The van der Waals surface area contributed by atoms with Crippen molar-refractivity contribution in [1.29, 1.82) is 0 Å². The van der Waals surface area contributed by atoms with E-state index in [0.29, 0.717) is 22.8 Å². The molecule has 4 aromatic heterocycles. The topological polar surface area (TPSA) is 64.7 Å². The smallest absolute Gasteiger partial charge is 0.181 e. The summed E-state index contributed by atoms with van der Waals surface area (Å²) in [5.74, 6) is 0.556. The van der Waals surface area contributed by atoms with E-state index in [1.807, 2.05) is 60.7 Å². The van der Waals surface area contributed by atoms with Crippen molar-refractivity contribution in [2.75, 3.05) is 0 Å². The molecule has 0 bridgehead atoms. The summed E-state index contributed by atoms with van der Waals surface area (Å²) in [7, 11) is 0. The number of benzene rings is 1. The Morgan fingerprint density at radius 2 is 1.40 bits per heavy atom. The van der Waals surface area contributed by atoms with E-state index >= 15 is 0 Å². The summed E-state index contributed by atoms with van der Waals surface area (Å²) in [6.45, 7) is 0. The van der Waals surface area contributed by atoms with Crippen LogP contribution in [-0.4, -0.2) is 19.9 Å². The second-order valence-electron chi connectivity index (χ2n) is 5.60. The Balaban J connectivity index is 1.90. The molecule has 25 heavy (non-hydrogen) atoms. The van der Waals surface area contributed by atoms with Crippen LogP contribution in [0.1, 0.15) is 0 Å². The third-order valence-electron chi connectivity index (χ3n) is 4.02. The minimum atomic E-state index is 0.556. The maximum atomic E-state index is 6.04. The van der Waals surface area contributed by atoms with Gasteiger partial charge < -0.3 is 4.42 Å². The van der Waals surface area contributed by atoms with Crippen LogP contribution in [0.2, 0.25) is 0 Å². The Morgan fingerprint density at radius 3 is 2.16 bits per heavy atom. The van der Waals surface area contributed by atoms with Gasteiger partial charge in [-0.1, -0.05) is 24.3 Å². The van der Waals surface area contributed by atoms with Crippen LogP contribution in [0.3, 0.4) is 0 Å². The maximum Gasteiger partial charge on any atom is 0.181 e. The molecular formula is C20H12N4O. The molecule has 0 radical (unpaired) electrons. The molecule has 0 aliphatic rings. The Hall–Kier alpha value is -3.60. The van der Waals surface area contributed by atoms with Gasteiger partial charge >= 0.3 is 0 Å². The first-order chi connectivity index (χ1) is 12.4. The van der Waals surface area contributed by atoms with Gasteiger partial charge in [-0.05, 0) is 36.4 Å². The first kappa shape index (κ1) is 13.8. The van der Waals surface area contributed by atoms with Crippen LogP contribution in [0.5, 0.6) is 0 Å².